The van der Waals surface area contributed by atoms with Crippen molar-refractivity contribution in [2.24, 2.45) is 11.7 Å². The zero-order valence-electron chi connectivity index (χ0n) is 10.7. The van der Waals surface area contributed by atoms with Gasteiger partial charge in [0, 0.05) is 25.6 Å². The zero-order chi connectivity index (χ0) is 12.0. The van der Waals surface area contributed by atoms with Crippen LogP contribution >= 0.6 is 0 Å². The van der Waals surface area contributed by atoms with Crippen LogP contribution in [-0.4, -0.2) is 29.9 Å². The molecule has 1 amide bonds. The number of carbonyl (C=O) groups excluding carboxylic acids is 1. The molecule has 3 nitrogen and oxygen atoms in total. The fourth-order valence-corrected chi connectivity index (χ4v) is 2.51. The molecule has 1 rings (SSSR count). The molecule has 0 saturated heterocycles. The molecule has 1 aliphatic rings. The molecule has 1 fully saturated rings. The number of amides is 1. The highest BCUT2D eigenvalue weighted by molar-refractivity contribution is 5.76. The molecular formula is C13H26N2O. The fourth-order valence-electron chi connectivity index (χ4n) is 2.51. The average Bonchev–Trinajstić information content (AvgIpc) is 2.26. The maximum atomic E-state index is 12.1. The summed E-state index contributed by atoms with van der Waals surface area (Å²) in [6.45, 7) is 5.51. The first-order valence-electron chi connectivity index (χ1n) is 6.64. The molecule has 0 atom stereocenters. The molecular weight excluding hydrogens is 200 g/mol. The first-order chi connectivity index (χ1) is 7.65. The molecule has 1 saturated carbocycles. The predicted molar refractivity (Wildman–Crippen MR) is 67.1 cm³/mol. The van der Waals surface area contributed by atoms with E-state index in [0.29, 0.717) is 30.8 Å². The molecule has 0 radical (unpaired) electrons. The molecule has 3 heteroatoms. The molecule has 0 aromatic rings. The number of hydrogen-bond donors (Lipinski definition) is 1. The smallest absolute Gasteiger partial charge is 0.223 e. The highest BCUT2D eigenvalue weighted by atomic mass is 16.2. The number of nitrogens with two attached hydrogens (primary N) is 1. The van der Waals surface area contributed by atoms with Crippen LogP contribution in [0, 0.1) is 5.92 Å². The Bertz CT molecular complexity index is 210. The van der Waals surface area contributed by atoms with Crippen molar-refractivity contribution in [1.29, 1.82) is 0 Å². The van der Waals surface area contributed by atoms with Crippen LogP contribution in [0.15, 0.2) is 0 Å². The van der Waals surface area contributed by atoms with Crippen LogP contribution in [0.25, 0.3) is 0 Å². The van der Waals surface area contributed by atoms with E-state index in [2.05, 4.69) is 13.8 Å². The zero-order valence-corrected chi connectivity index (χ0v) is 10.7. The molecule has 94 valence electrons. The van der Waals surface area contributed by atoms with E-state index in [1.165, 1.54) is 32.1 Å². The molecule has 0 unspecified atom stereocenters. The summed E-state index contributed by atoms with van der Waals surface area (Å²) in [6, 6.07) is 0.462. The first kappa shape index (κ1) is 13.5. The SMILES string of the molecule is CC(C)CC(=O)N(CCN)C1CCCCC1. The third kappa shape index (κ3) is 4.12. The maximum Gasteiger partial charge on any atom is 0.223 e. The van der Waals surface area contributed by atoms with Crippen LogP contribution in [0.3, 0.4) is 0 Å². The minimum Gasteiger partial charge on any atom is -0.338 e. The Hall–Kier alpha value is -0.570. The minimum absolute atomic E-state index is 0.298. The van der Waals surface area contributed by atoms with E-state index in [-0.39, 0.29) is 0 Å². The van der Waals surface area contributed by atoms with Gasteiger partial charge in [0.25, 0.3) is 0 Å². The van der Waals surface area contributed by atoms with E-state index >= 15 is 0 Å². The van der Waals surface area contributed by atoms with Gasteiger partial charge in [0.2, 0.25) is 5.91 Å². The third-order valence-electron chi connectivity index (χ3n) is 3.29. The van der Waals surface area contributed by atoms with E-state index in [1.807, 2.05) is 4.90 Å². The van der Waals surface area contributed by atoms with Crippen molar-refractivity contribution in [3.63, 3.8) is 0 Å². The third-order valence-corrected chi connectivity index (χ3v) is 3.29. The lowest BCUT2D eigenvalue weighted by Gasteiger charge is -2.34. The highest BCUT2D eigenvalue weighted by Gasteiger charge is 2.24. The molecule has 0 aromatic carbocycles. The Labute approximate surface area is 99.4 Å². The summed E-state index contributed by atoms with van der Waals surface area (Å²) in [7, 11) is 0. The van der Waals surface area contributed by atoms with Crippen LogP contribution in [0.4, 0.5) is 0 Å². The van der Waals surface area contributed by atoms with Gasteiger partial charge in [0.1, 0.15) is 0 Å². The highest BCUT2D eigenvalue weighted by Crippen LogP contribution is 2.23. The van der Waals surface area contributed by atoms with Crippen molar-refractivity contribution >= 4 is 5.91 Å². The summed E-state index contributed by atoms with van der Waals surface area (Å²) in [5.74, 6) is 0.740. The van der Waals surface area contributed by atoms with Crippen molar-refractivity contribution in [2.75, 3.05) is 13.1 Å². The maximum absolute atomic E-state index is 12.1. The number of carbonyl (C=O) groups is 1. The van der Waals surface area contributed by atoms with Crippen molar-refractivity contribution in [3.8, 4) is 0 Å². The molecule has 0 bridgehead atoms. The van der Waals surface area contributed by atoms with Crippen LogP contribution in [0.2, 0.25) is 0 Å². The van der Waals surface area contributed by atoms with Crippen LogP contribution in [0.1, 0.15) is 52.4 Å². The quantitative estimate of drug-likeness (QED) is 0.781. The predicted octanol–water partition coefficient (Wildman–Crippen LogP) is 2.15. The van der Waals surface area contributed by atoms with Gasteiger partial charge in [-0.05, 0) is 18.8 Å². The van der Waals surface area contributed by atoms with Gasteiger partial charge in [-0.3, -0.25) is 4.79 Å². The van der Waals surface area contributed by atoms with Crippen molar-refractivity contribution < 1.29 is 4.79 Å². The Morgan fingerprint density at radius 3 is 2.44 bits per heavy atom. The Kier molecular flexibility index (Phi) is 5.81. The summed E-state index contributed by atoms with van der Waals surface area (Å²) < 4.78 is 0. The molecule has 16 heavy (non-hydrogen) atoms. The van der Waals surface area contributed by atoms with Gasteiger partial charge >= 0.3 is 0 Å². The number of nitrogens with zero attached hydrogens (tertiary/aromatic N) is 1. The van der Waals surface area contributed by atoms with Crippen LogP contribution in [-0.2, 0) is 4.79 Å². The second-order valence-corrected chi connectivity index (χ2v) is 5.27. The lowest BCUT2D eigenvalue weighted by molar-refractivity contribution is -0.134. The number of rotatable bonds is 5. The van der Waals surface area contributed by atoms with Gasteiger partial charge < -0.3 is 10.6 Å². The minimum atomic E-state index is 0.298. The molecule has 0 heterocycles. The Morgan fingerprint density at radius 2 is 1.94 bits per heavy atom. The van der Waals surface area contributed by atoms with Gasteiger partial charge in [-0.2, -0.15) is 0 Å². The molecule has 0 spiro atoms. The summed E-state index contributed by atoms with van der Waals surface area (Å²) in [4.78, 5) is 14.2. The van der Waals surface area contributed by atoms with E-state index < -0.39 is 0 Å². The van der Waals surface area contributed by atoms with E-state index in [9.17, 15) is 4.79 Å². The lowest BCUT2D eigenvalue weighted by atomic mass is 9.93. The fraction of sp³-hybridized carbons (Fsp3) is 0.923. The van der Waals surface area contributed by atoms with Crippen molar-refractivity contribution in [2.45, 2.75) is 58.4 Å². The monoisotopic (exact) mass is 226 g/mol. The van der Waals surface area contributed by atoms with Gasteiger partial charge in [0.15, 0.2) is 0 Å². The first-order valence-corrected chi connectivity index (χ1v) is 6.64. The standard InChI is InChI=1S/C13H26N2O/c1-11(2)10-13(16)15(9-8-14)12-6-4-3-5-7-12/h11-12H,3-10,14H2,1-2H3. The average molecular weight is 226 g/mol. The van der Waals surface area contributed by atoms with E-state index in [1.54, 1.807) is 0 Å². The van der Waals surface area contributed by atoms with Gasteiger partial charge in [0.05, 0.1) is 0 Å². The van der Waals surface area contributed by atoms with E-state index in [0.717, 1.165) is 6.54 Å². The summed E-state index contributed by atoms with van der Waals surface area (Å²) in [5.41, 5.74) is 5.61. The number of hydrogen-bond acceptors (Lipinski definition) is 2. The Morgan fingerprint density at radius 1 is 1.31 bits per heavy atom. The summed E-state index contributed by atoms with van der Waals surface area (Å²) in [5, 5.41) is 0. The van der Waals surface area contributed by atoms with Gasteiger partial charge in [-0.15, -0.1) is 0 Å². The van der Waals surface area contributed by atoms with Crippen LogP contribution in [0.5, 0.6) is 0 Å². The molecule has 0 aliphatic heterocycles. The second kappa shape index (κ2) is 6.89. The normalized spacial score (nSPS) is 17.8. The van der Waals surface area contributed by atoms with Gasteiger partial charge in [-0.1, -0.05) is 33.1 Å². The van der Waals surface area contributed by atoms with Crippen molar-refractivity contribution in [3.05, 3.63) is 0 Å². The topological polar surface area (TPSA) is 46.3 Å². The Balaban J connectivity index is 2.53. The summed E-state index contributed by atoms with van der Waals surface area (Å²) in [6.07, 6.45) is 6.86. The molecule has 0 aromatic heterocycles. The second-order valence-electron chi connectivity index (χ2n) is 5.27. The van der Waals surface area contributed by atoms with Crippen molar-refractivity contribution in [1.82, 2.24) is 4.90 Å². The van der Waals surface area contributed by atoms with E-state index in [4.69, 9.17) is 5.73 Å². The molecule has 1 aliphatic carbocycles. The largest absolute Gasteiger partial charge is 0.338 e. The summed E-state index contributed by atoms with van der Waals surface area (Å²) >= 11 is 0. The molecule has 2 N–H and O–H groups in total. The lowest BCUT2D eigenvalue weighted by Crippen LogP contribution is -2.44. The van der Waals surface area contributed by atoms with Gasteiger partial charge in [-0.25, -0.2) is 0 Å². The van der Waals surface area contributed by atoms with Crippen LogP contribution < -0.4 is 5.73 Å².